The molecule has 0 radical (unpaired) electrons. The number of nitrogens with zero attached hydrogens (tertiary/aromatic N) is 1. The van der Waals surface area contributed by atoms with E-state index >= 15 is 0 Å². The van der Waals surface area contributed by atoms with Crippen molar-refractivity contribution in [2.75, 3.05) is 13.2 Å². The lowest BCUT2D eigenvalue weighted by atomic mass is 10.1. The Bertz CT molecular complexity index is 1770. The van der Waals surface area contributed by atoms with Gasteiger partial charge >= 0.3 is 6.09 Å². The van der Waals surface area contributed by atoms with Crippen LogP contribution < -0.4 is 10.4 Å². The van der Waals surface area contributed by atoms with Crippen LogP contribution in [0.3, 0.4) is 0 Å². The van der Waals surface area contributed by atoms with E-state index in [-0.39, 0.29) is 38.1 Å². The van der Waals surface area contributed by atoms with Crippen LogP contribution in [0.1, 0.15) is 37.5 Å². The zero-order chi connectivity index (χ0) is 36.4. The van der Waals surface area contributed by atoms with Crippen molar-refractivity contribution in [2.24, 2.45) is 0 Å². The molecular weight excluding hydrogens is 667 g/mol. The zero-order valence-corrected chi connectivity index (χ0v) is 31.2. The van der Waals surface area contributed by atoms with E-state index in [0.29, 0.717) is 0 Å². The minimum atomic E-state index is -3.03. The molecule has 6 rings (SSSR count). The molecule has 0 aliphatic carbocycles. The molecule has 8 heteroatoms. The van der Waals surface area contributed by atoms with Crippen molar-refractivity contribution in [1.82, 2.24) is 4.90 Å². The van der Waals surface area contributed by atoms with Gasteiger partial charge in [-0.15, -0.1) is 0 Å². The van der Waals surface area contributed by atoms with Crippen molar-refractivity contribution < 1.29 is 28.5 Å². The SMILES string of the molecule is CC(C)(C)[Si](OC[C@@H]1[C@@H](OCc2ccccc2)[C@H](OCc2ccccc2)[C@H](CO)N1C(=O)OCc1ccccc1)(c1ccccc1)c1ccccc1. The molecule has 0 bridgehead atoms. The van der Waals surface area contributed by atoms with E-state index in [2.05, 4.69) is 69.3 Å². The number of rotatable bonds is 14. The lowest BCUT2D eigenvalue weighted by Gasteiger charge is -2.44. The number of hydrogen-bond donors (Lipinski definition) is 1. The Labute approximate surface area is 308 Å². The van der Waals surface area contributed by atoms with Crippen LogP contribution in [-0.2, 0) is 38.5 Å². The Balaban J connectivity index is 1.41. The summed E-state index contributed by atoms with van der Waals surface area (Å²) in [6.07, 6.45) is -1.88. The van der Waals surface area contributed by atoms with Gasteiger partial charge in [-0.2, -0.15) is 0 Å². The highest BCUT2D eigenvalue weighted by atomic mass is 28.4. The number of hydrogen-bond acceptors (Lipinski definition) is 6. The summed E-state index contributed by atoms with van der Waals surface area (Å²) in [4.78, 5) is 16.0. The van der Waals surface area contributed by atoms with E-state index in [1.807, 2.05) is 103 Å². The lowest BCUT2D eigenvalue weighted by Crippen LogP contribution is -2.67. The van der Waals surface area contributed by atoms with Crippen molar-refractivity contribution >= 4 is 24.8 Å². The van der Waals surface area contributed by atoms with E-state index in [1.165, 1.54) is 0 Å². The maximum absolute atomic E-state index is 14.3. The first-order valence-corrected chi connectivity index (χ1v) is 19.9. The van der Waals surface area contributed by atoms with Crippen molar-refractivity contribution in [2.45, 2.75) is 69.9 Å². The first-order valence-electron chi connectivity index (χ1n) is 18.0. The quantitative estimate of drug-likeness (QED) is 0.124. The van der Waals surface area contributed by atoms with Gasteiger partial charge in [0, 0.05) is 0 Å². The van der Waals surface area contributed by atoms with Gasteiger partial charge in [-0.05, 0) is 32.1 Å². The second-order valence-corrected chi connectivity index (χ2v) is 18.6. The molecule has 52 heavy (non-hydrogen) atoms. The molecule has 1 heterocycles. The van der Waals surface area contributed by atoms with Gasteiger partial charge in [0.05, 0.1) is 38.5 Å². The molecule has 0 unspecified atom stereocenters. The second kappa shape index (κ2) is 17.3. The van der Waals surface area contributed by atoms with Crippen molar-refractivity contribution in [3.8, 4) is 0 Å². The van der Waals surface area contributed by atoms with Gasteiger partial charge in [0.1, 0.15) is 18.8 Å². The average Bonchev–Trinajstić information content (AvgIpc) is 3.49. The van der Waals surface area contributed by atoms with Gasteiger partial charge in [-0.1, -0.05) is 172 Å². The Morgan fingerprint density at radius 2 is 0.981 bits per heavy atom. The summed E-state index contributed by atoms with van der Waals surface area (Å²) in [5.74, 6) is 0. The minimum Gasteiger partial charge on any atom is -0.445 e. The third kappa shape index (κ3) is 8.38. The molecule has 1 amide bonds. The molecule has 4 atom stereocenters. The summed E-state index contributed by atoms with van der Waals surface area (Å²) < 4.78 is 26.9. The highest BCUT2D eigenvalue weighted by Gasteiger charge is 2.56. The van der Waals surface area contributed by atoms with Gasteiger partial charge < -0.3 is 23.7 Å². The molecule has 0 saturated carbocycles. The molecule has 0 aromatic heterocycles. The molecule has 270 valence electrons. The van der Waals surface area contributed by atoms with Crippen LogP contribution in [0.25, 0.3) is 0 Å². The molecule has 5 aromatic rings. The number of benzene rings is 5. The Morgan fingerprint density at radius 1 is 0.596 bits per heavy atom. The van der Waals surface area contributed by atoms with Gasteiger partial charge in [0.2, 0.25) is 0 Å². The van der Waals surface area contributed by atoms with E-state index in [4.69, 9.17) is 18.6 Å². The van der Waals surface area contributed by atoms with Crippen LogP contribution in [0.4, 0.5) is 4.79 Å². The van der Waals surface area contributed by atoms with Crippen LogP contribution in [-0.4, -0.2) is 61.9 Å². The van der Waals surface area contributed by atoms with Gasteiger partial charge in [0.15, 0.2) is 0 Å². The third-order valence-corrected chi connectivity index (χ3v) is 14.9. The maximum atomic E-state index is 14.3. The minimum absolute atomic E-state index is 0.0850. The van der Waals surface area contributed by atoms with Crippen LogP contribution in [0.5, 0.6) is 0 Å². The van der Waals surface area contributed by atoms with Crippen LogP contribution in [0.2, 0.25) is 5.04 Å². The summed E-state index contributed by atoms with van der Waals surface area (Å²) >= 11 is 0. The number of ether oxygens (including phenoxy) is 3. The monoisotopic (exact) mass is 715 g/mol. The topological polar surface area (TPSA) is 77.5 Å². The molecule has 1 aliphatic heterocycles. The Morgan fingerprint density at radius 3 is 1.38 bits per heavy atom. The standard InChI is InChI=1S/C44H49NO6Si/c1-44(2,3)52(37-25-15-7-16-26-37,38-27-17-8-18-28-38)51-33-40-42(49-31-35-21-11-5-12-22-35)41(48-30-34-19-9-4-10-20-34)39(29-46)45(40)43(47)50-32-36-23-13-6-14-24-36/h4-28,39-42,46H,29-33H2,1-3H3/t39-,40+,41+,42+/m0/s1. The van der Waals surface area contributed by atoms with Gasteiger partial charge in [-0.3, -0.25) is 4.90 Å². The first-order chi connectivity index (χ1) is 25.3. The molecule has 7 nitrogen and oxygen atoms in total. The normalized spacial score (nSPS) is 19.0. The molecule has 1 N–H and O–H groups in total. The fourth-order valence-electron chi connectivity index (χ4n) is 7.35. The smallest absolute Gasteiger partial charge is 0.410 e. The average molecular weight is 716 g/mol. The fourth-order valence-corrected chi connectivity index (χ4v) is 11.9. The van der Waals surface area contributed by atoms with Crippen molar-refractivity contribution in [1.29, 1.82) is 0 Å². The maximum Gasteiger partial charge on any atom is 0.410 e. The number of aliphatic hydroxyl groups excluding tert-OH is 1. The summed E-state index contributed by atoms with van der Waals surface area (Å²) in [6.45, 7) is 7.12. The lowest BCUT2D eigenvalue weighted by molar-refractivity contribution is -0.0851. The summed E-state index contributed by atoms with van der Waals surface area (Å²) in [5, 5.41) is 13.0. The van der Waals surface area contributed by atoms with Gasteiger partial charge in [0.25, 0.3) is 8.32 Å². The van der Waals surface area contributed by atoms with E-state index in [1.54, 1.807) is 4.90 Å². The molecule has 1 aliphatic rings. The predicted octanol–water partition coefficient (Wildman–Crippen LogP) is 7.12. The fraction of sp³-hybridized carbons (Fsp3) is 0.295. The Hall–Kier alpha value is -4.57. The van der Waals surface area contributed by atoms with E-state index in [0.717, 1.165) is 27.1 Å². The first kappa shape index (κ1) is 37.2. The van der Waals surface area contributed by atoms with Crippen molar-refractivity contribution in [3.05, 3.63) is 168 Å². The zero-order valence-electron chi connectivity index (χ0n) is 30.2. The molecule has 0 spiro atoms. The Kier molecular flexibility index (Phi) is 12.4. The number of aliphatic hydroxyl groups is 1. The summed E-state index contributed by atoms with van der Waals surface area (Å²) in [7, 11) is -3.03. The van der Waals surface area contributed by atoms with Crippen LogP contribution in [0, 0.1) is 0 Å². The molecular formula is C44H49NO6Si. The molecule has 5 aromatic carbocycles. The molecule has 1 fully saturated rings. The molecule has 1 saturated heterocycles. The van der Waals surface area contributed by atoms with E-state index < -0.39 is 38.7 Å². The van der Waals surface area contributed by atoms with Crippen LogP contribution >= 0.6 is 0 Å². The van der Waals surface area contributed by atoms with Crippen molar-refractivity contribution in [3.63, 3.8) is 0 Å². The predicted molar refractivity (Wildman–Crippen MR) is 207 cm³/mol. The number of amides is 1. The highest BCUT2D eigenvalue weighted by Crippen LogP contribution is 2.39. The number of likely N-dealkylation sites (tertiary alicyclic amines) is 1. The highest BCUT2D eigenvalue weighted by molar-refractivity contribution is 6.99. The van der Waals surface area contributed by atoms with Crippen LogP contribution in [0.15, 0.2) is 152 Å². The summed E-state index contributed by atoms with van der Waals surface area (Å²) in [5.41, 5.74) is 2.83. The number of carbonyl (C=O) groups excluding carboxylic acids is 1. The summed E-state index contributed by atoms with van der Waals surface area (Å²) in [6, 6.07) is 48.9. The third-order valence-electron chi connectivity index (χ3n) is 9.86. The number of carbonyl (C=O) groups is 1. The largest absolute Gasteiger partial charge is 0.445 e. The van der Waals surface area contributed by atoms with E-state index in [9.17, 15) is 9.90 Å². The van der Waals surface area contributed by atoms with Gasteiger partial charge in [-0.25, -0.2) is 4.79 Å². The second-order valence-electron chi connectivity index (χ2n) is 14.3.